The van der Waals surface area contributed by atoms with Crippen molar-refractivity contribution in [2.45, 2.75) is 31.8 Å². The maximum atomic E-state index is 3.98. The van der Waals surface area contributed by atoms with Crippen molar-refractivity contribution >= 4 is 5.69 Å². The first kappa shape index (κ1) is 14.1. The Hall–Kier alpha value is -1.88. The number of benzene rings is 1. The third-order valence-corrected chi connectivity index (χ3v) is 4.09. The molecule has 0 radical (unpaired) electrons. The Bertz CT molecular complexity index is 503. The predicted molar refractivity (Wildman–Crippen MR) is 84.3 cm³/mol. The lowest BCUT2D eigenvalue weighted by Crippen LogP contribution is -2.42. The Morgan fingerprint density at radius 1 is 1.14 bits per heavy atom. The van der Waals surface area contributed by atoms with Crippen LogP contribution in [0, 0.1) is 0 Å². The van der Waals surface area contributed by atoms with Crippen LogP contribution in [0.25, 0.3) is 0 Å². The summed E-state index contributed by atoms with van der Waals surface area (Å²) < 4.78 is 1.89. The summed E-state index contributed by atoms with van der Waals surface area (Å²) in [6.07, 6.45) is 7.18. The van der Waals surface area contributed by atoms with E-state index >= 15 is 0 Å². The van der Waals surface area contributed by atoms with E-state index in [-0.39, 0.29) is 0 Å². The van der Waals surface area contributed by atoms with E-state index in [1.807, 2.05) is 10.9 Å². The minimum atomic E-state index is 0.653. The number of aromatic nitrogens is 3. The molecule has 0 spiro atoms. The molecule has 0 atom stereocenters. The molecule has 0 saturated carbocycles. The molecule has 1 aliphatic heterocycles. The van der Waals surface area contributed by atoms with E-state index < -0.39 is 0 Å². The van der Waals surface area contributed by atoms with Crippen molar-refractivity contribution in [1.82, 2.24) is 20.3 Å². The largest absolute Gasteiger partial charge is 0.371 e. The lowest BCUT2D eigenvalue weighted by atomic mass is 10.0. The van der Waals surface area contributed by atoms with Gasteiger partial charge in [-0.05, 0) is 37.9 Å². The zero-order valence-corrected chi connectivity index (χ0v) is 12.4. The molecule has 5 nitrogen and oxygen atoms in total. The maximum absolute atomic E-state index is 3.98. The molecule has 2 heterocycles. The van der Waals surface area contributed by atoms with Gasteiger partial charge in [-0.2, -0.15) is 0 Å². The highest BCUT2D eigenvalue weighted by molar-refractivity contribution is 5.46. The van der Waals surface area contributed by atoms with Gasteiger partial charge in [0.2, 0.25) is 0 Å². The zero-order chi connectivity index (χ0) is 14.3. The lowest BCUT2D eigenvalue weighted by Gasteiger charge is -2.34. The van der Waals surface area contributed by atoms with E-state index in [1.54, 1.807) is 6.20 Å². The summed E-state index contributed by atoms with van der Waals surface area (Å²) in [5.74, 6) is 0. The minimum absolute atomic E-state index is 0.653. The van der Waals surface area contributed by atoms with E-state index in [2.05, 4.69) is 50.9 Å². The average molecular weight is 285 g/mol. The number of hydrogen-bond acceptors (Lipinski definition) is 4. The molecule has 3 rings (SSSR count). The third-order valence-electron chi connectivity index (χ3n) is 4.09. The molecular weight excluding hydrogens is 262 g/mol. The first-order valence-corrected chi connectivity index (χ1v) is 7.79. The van der Waals surface area contributed by atoms with Gasteiger partial charge in [-0.25, -0.2) is 0 Å². The van der Waals surface area contributed by atoms with Crippen LogP contribution in [0.3, 0.4) is 0 Å². The number of para-hydroxylation sites is 1. The Kier molecular flexibility index (Phi) is 4.84. The molecule has 1 aromatic carbocycles. The van der Waals surface area contributed by atoms with Crippen LogP contribution in [0.15, 0.2) is 42.7 Å². The van der Waals surface area contributed by atoms with Gasteiger partial charge in [0.25, 0.3) is 0 Å². The van der Waals surface area contributed by atoms with Crippen molar-refractivity contribution in [2.75, 3.05) is 24.5 Å². The van der Waals surface area contributed by atoms with Gasteiger partial charge in [-0.15, -0.1) is 5.10 Å². The summed E-state index contributed by atoms with van der Waals surface area (Å²) in [6.45, 7) is 4.28. The van der Waals surface area contributed by atoms with Crippen LogP contribution >= 0.6 is 0 Å². The van der Waals surface area contributed by atoms with Gasteiger partial charge in [-0.3, -0.25) is 4.68 Å². The number of nitrogens with one attached hydrogen (secondary N) is 1. The van der Waals surface area contributed by atoms with Crippen LogP contribution in [0.5, 0.6) is 0 Å². The van der Waals surface area contributed by atoms with E-state index in [1.165, 1.54) is 18.5 Å². The highest BCUT2D eigenvalue weighted by Gasteiger charge is 2.18. The second-order valence-electron chi connectivity index (χ2n) is 5.57. The molecule has 1 aliphatic rings. The van der Waals surface area contributed by atoms with Crippen LogP contribution in [-0.4, -0.2) is 40.7 Å². The Morgan fingerprint density at radius 2 is 1.95 bits per heavy atom. The van der Waals surface area contributed by atoms with Gasteiger partial charge < -0.3 is 10.2 Å². The number of aryl methyl sites for hydroxylation is 1. The van der Waals surface area contributed by atoms with Crippen LogP contribution in [0.2, 0.25) is 0 Å². The summed E-state index contributed by atoms with van der Waals surface area (Å²) in [7, 11) is 0. The smallest absolute Gasteiger partial charge is 0.0692 e. The second-order valence-corrected chi connectivity index (χ2v) is 5.57. The van der Waals surface area contributed by atoms with Crippen LogP contribution < -0.4 is 10.2 Å². The van der Waals surface area contributed by atoms with E-state index in [9.17, 15) is 0 Å². The van der Waals surface area contributed by atoms with Gasteiger partial charge in [0.1, 0.15) is 0 Å². The van der Waals surface area contributed by atoms with Crippen LogP contribution in [-0.2, 0) is 6.54 Å². The number of piperidine rings is 1. The standard InChI is InChI=1S/C16H23N5/c1-2-5-16(6-3-1)20-12-7-15(8-13-20)17-9-4-11-21-14-10-18-19-21/h1-3,5-6,10,14-15,17H,4,7-9,11-13H2. The van der Waals surface area contributed by atoms with Crippen LogP contribution in [0.4, 0.5) is 5.69 Å². The zero-order valence-electron chi connectivity index (χ0n) is 12.4. The van der Waals surface area contributed by atoms with Crippen molar-refractivity contribution < 1.29 is 0 Å². The van der Waals surface area contributed by atoms with Gasteiger partial charge in [0.05, 0.1) is 6.20 Å². The fourth-order valence-electron chi connectivity index (χ4n) is 2.88. The fourth-order valence-corrected chi connectivity index (χ4v) is 2.88. The van der Waals surface area contributed by atoms with Crippen molar-refractivity contribution in [1.29, 1.82) is 0 Å². The molecule has 0 bridgehead atoms. The molecule has 1 saturated heterocycles. The average Bonchev–Trinajstić information content (AvgIpc) is 3.06. The van der Waals surface area contributed by atoms with Crippen molar-refractivity contribution in [2.24, 2.45) is 0 Å². The van der Waals surface area contributed by atoms with Gasteiger partial charge in [-0.1, -0.05) is 23.4 Å². The normalized spacial score (nSPS) is 16.3. The predicted octanol–water partition coefficient (Wildman–Crippen LogP) is 1.93. The number of nitrogens with zero attached hydrogens (tertiary/aromatic N) is 4. The minimum Gasteiger partial charge on any atom is -0.371 e. The molecule has 112 valence electrons. The number of anilines is 1. The molecule has 0 amide bonds. The Labute approximate surface area is 126 Å². The molecule has 5 heteroatoms. The fraction of sp³-hybridized carbons (Fsp3) is 0.500. The van der Waals surface area contributed by atoms with E-state index in [0.717, 1.165) is 32.6 Å². The monoisotopic (exact) mass is 285 g/mol. The lowest BCUT2D eigenvalue weighted by molar-refractivity contribution is 0.403. The van der Waals surface area contributed by atoms with Gasteiger partial charge >= 0.3 is 0 Å². The molecule has 1 aromatic heterocycles. The van der Waals surface area contributed by atoms with Crippen molar-refractivity contribution in [3.8, 4) is 0 Å². The molecular formula is C16H23N5. The van der Waals surface area contributed by atoms with Gasteiger partial charge in [0.15, 0.2) is 0 Å². The summed E-state index contributed by atoms with van der Waals surface area (Å²) in [4.78, 5) is 2.48. The SMILES string of the molecule is c1ccc(N2CCC(NCCCn3ccnn3)CC2)cc1. The molecule has 2 aromatic rings. The first-order chi connectivity index (χ1) is 10.4. The molecule has 0 aliphatic carbocycles. The molecule has 21 heavy (non-hydrogen) atoms. The number of hydrogen-bond donors (Lipinski definition) is 1. The Balaban J connectivity index is 1.34. The number of rotatable bonds is 6. The quantitative estimate of drug-likeness (QED) is 0.824. The highest BCUT2D eigenvalue weighted by atomic mass is 15.4. The third kappa shape index (κ3) is 4.04. The molecule has 1 fully saturated rings. The molecule has 0 unspecified atom stereocenters. The topological polar surface area (TPSA) is 46.0 Å². The van der Waals surface area contributed by atoms with Crippen LogP contribution in [0.1, 0.15) is 19.3 Å². The van der Waals surface area contributed by atoms with Crippen molar-refractivity contribution in [3.05, 3.63) is 42.7 Å². The summed E-state index contributed by atoms with van der Waals surface area (Å²) >= 11 is 0. The Morgan fingerprint density at radius 3 is 2.67 bits per heavy atom. The highest BCUT2D eigenvalue weighted by Crippen LogP contribution is 2.19. The second kappa shape index (κ2) is 7.22. The summed E-state index contributed by atoms with van der Waals surface area (Å²) in [5.41, 5.74) is 1.35. The summed E-state index contributed by atoms with van der Waals surface area (Å²) in [6, 6.07) is 11.4. The van der Waals surface area contributed by atoms with E-state index in [4.69, 9.17) is 0 Å². The summed E-state index contributed by atoms with van der Waals surface area (Å²) in [5, 5.41) is 11.5. The molecule has 1 N–H and O–H groups in total. The van der Waals surface area contributed by atoms with Gasteiger partial charge in [0, 0.05) is 37.6 Å². The van der Waals surface area contributed by atoms with E-state index in [0.29, 0.717) is 6.04 Å². The first-order valence-electron chi connectivity index (χ1n) is 7.79. The maximum Gasteiger partial charge on any atom is 0.0692 e. The van der Waals surface area contributed by atoms with Crippen molar-refractivity contribution in [3.63, 3.8) is 0 Å².